The highest BCUT2D eigenvalue weighted by atomic mass is 16.3. The summed E-state index contributed by atoms with van der Waals surface area (Å²) in [5, 5.41) is 13.7. The van der Waals surface area contributed by atoms with Gasteiger partial charge in [0.05, 0.1) is 6.10 Å². The molecule has 1 aliphatic rings. The van der Waals surface area contributed by atoms with E-state index < -0.39 is 0 Å². The third-order valence-corrected chi connectivity index (χ3v) is 3.67. The van der Waals surface area contributed by atoms with Gasteiger partial charge in [-0.1, -0.05) is 33.1 Å². The van der Waals surface area contributed by atoms with Gasteiger partial charge in [0, 0.05) is 6.04 Å². The zero-order valence-electron chi connectivity index (χ0n) is 10.3. The highest BCUT2D eigenvalue weighted by Gasteiger charge is 2.26. The van der Waals surface area contributed by atoms with E-state index >= 15 is 0 Å². The number of nitrogens with one attached hydrogen (secondary N) is 1. The van der Waals surface area contributed by atoms with E-state index in [2.05, 4.69) is 19.2 Å². The maximum absolute atomic E-state index is 10.1. The molecule has 1 heterocycles. The molecule has 0 bridgehead atoms. The molecular formula is C13H27NO. The first-order valence-corrected chi connectivity index (χ1v) is 6.71. The van der Waals surface area contributed by atoms with Gasteiger partial charge in [0.15, 0.2) is 0 Å². The molecule has 0 saturated carbocycles. The van der Waals surface area contributed by atoms with Gasteiger partial charge in [0.2, 0.25) is 0 Å². The second-order valence-electron chi connectivity index (χ2n) is 4.84. The van der Waals surface area contributed by atoms with Crippen molar-refractivity contribution in [2.75, 3.05) is 6.54 Å². The van der Waals surface area contributed by atoms with Crippen molar-refractivity contribution in [1.82, 2.24) is 5.32 Å². The SMILES string of the molecule is CCCC(O)C(CC)C1CCCCCN1. The lowest BCUT2D eigenvalue weighted by Crippen LogP contribution is -2.41. The standard InChI is InChI=1S/C13H27NO/c1-3-8-13(15)11(4-2)12-9-6-5-7-10-14-12/h11-15H,3-10H2,1-2H3. The molecular weight excluding hydrogens is 186 g/mol. The molecule has 1 fully saturated rings. The van der Waals surface area contributed by atoms with Crippen LogP contribution < -0.4 is 5.32 Å². The van der Waals surface area contributed by atoms with E-state index in [0.717, 1.165) is 25.8 Å². The summed E-state index contributed by atoms with van der Waals surface area (Å²) in [6, 6.07) is 0.555. The van der Waals surface area contributed by atoms with E-state index in [9.17, 15) is 5.11 Å². The predicted molar refractivity (Wildman–Crippen MR) is 65.0 cm³/mol. The molecule has 0 aliphatic carbocycles. The summed E-state index contributed by atoms with van der Waals surface area (Å²) >= 11 is 0. The third kappa shape index (κ3) is 4.12. The minimum atomic E-state index is -0.101. The van der Waals surface area contributed by atoms with Crippen LogP contribution in [-0.4, -0.2) is 23.8 Å². The largest absolute Gasteiger partial charge is 0.393 e. The van der Waals surface area contributed by atoms with E-state index in [1.54, 1.807) is 0 Å². The fraction of sp³-hybridized carbons (Fsp3) is 1.00. The highest BCUT2D eigenvalue weighted by Crippen LogP contribution is 2.23. The Morgan fingerprint density at radius 2 is 2.07 bits per heavy atom. The molecule has 1 rings (SSSR count). The van der Waals surface area contributed by atoms with Gasteiger partial charge in [-0.05, 0) is 38.1 Å². The lowest BCUT2D eigenvalue weighted by atomic mass is 9.86. The second kappa shape index (κ2) is 7.24. The first kappa shape index (κ1) is 13.0. The molecule has 3 unspecified atom stereocenters. The Balaban J connectivity index is 2.47. The summed E-state index contributed by atoms with van der Waals surface area (Å²) in [6.45, 7) is 5.49. The van der Waals surface area contributed by atoms with E-state index in [1.807, 2.05) is 0 Å². The molecule has 0 spiro atoms. The molecule has 0 aromatic rings. The second-order valence-corrected chi connectivity index (χ2v) is 4.84. The normalized spacial score (nSPS) is 27.0. The summed E-state index contributed by atoms with van der Waals surface area (Å²) in [5.74, 6) is 0.461. The van der Waals surface area contributed by atoms with Crippen molar-refractivity contribution in [2.45, 2.75) is 70.9 Å². The van der Waals surface area contributed by atoms with Crippen LogP contribution in [0.15, 0.2) is 0 Å². The van der Waals surface area contributed by atoms with Crippen LogP contribution in [0.25, 0.3) is 0 Å². The van der Waals surface area contributed by atoms with Crippen LogP contribution in [0.5, 0.6) is 0 Å². The zero-order valence-corrected chi connectivity index (χ0v) is 10.3. The summed E-state index contributed by atoms with van der Waals surface area (Å²) in [6.07, 6.45) is 8.27. The van der Waals surface area contributed by atoms with E-state index in [0.29, 0.717) is 12.0 Å². The Labute approximate surface area is 94.5 Å². The average molecular weight is 213 g/mol. The number of aliphatic hydroxyl groups excluding tert-OH is 1. The van der Waals surface area contributed by atoms with Crippen molar-refractivity contribution in [2.24, 2.45) is 5.92 Å². The number of aliphatic hydroxyl groups is 1. The smallest absolute Gasteiger partial charge is 0.0583 e. The van der Waals surface area contributed by atoms with Crippen LogP contribution >= 0.6 is 0 Å². The summed E-state index contributed by atoms with van der Waals surface area (Å²) in [4.78, 5) is 0. The van der Waals surface area contributed by atoms with Gasteiger partial charge in [-0.3, -0.25) is 0 Å². The molecule has 1 saturated heterocycles. The Morgan fingerprint density at radius 3 is 2.73 bits per heavy atom. The van der Waals surface area contributed by atoms with E-state index in [1.165, 1.54) is 25.7 Å². The van der Waals surface area contributed by atoms with E-state index in [-0.39, 0.29) is 6.10 Å². The Morgan fingerprint density at radius 1 is 1.27 bits per heavy atom. The number of hydrogen-bond acceptors (Lipinski definition) is 2. The molecule has 2 heteroatoms. The molecule has 0 radical (unpaired) electrons. The molecule has 0 aromatic carbocycles. The zero-order chi connectivity index (χ0) is 11.1. The summed E-state index contributed by atoms with van der Waals surface area (Å²) in [7, 11) is 0. The molecule has 90 valence electrons. The number of hydrogen-bond donors (Lipinski definition) is 2. The fourth-order valence-corrected chi connectivity index (χ4v) is 2.76. The molecule has 0 aromatic heterocycles. The van der Waals surface area contributed by atoms with Crippen LogP contribution in [-0.2, 0) is 0 Å². The Hall–Kier alpha value is -0.0800. The summed E-state index contributed by atoms with van der Waals surface area (Å²) < 4.78 is 0. The molecule has 1 aliphatic heterocycles. The van der Waals surface area contributed by atoms with Gasteiger partial charge in [-0.25, -0.2) is 0 Å². The molecule has 15 heavy (non-hydrogen) atoms. The molecule has 0 amide bonds. The van der Waals surface area contributed by atoms with Crippen molar-refractivity contribution in [3.05, 3.63) is 0 Å². The fourth-order valence-electron chi connectivity index (χ4n) is 2.76. The lowest BCUT2D eigenvalue weighted by molar-refractivity contribution is 0.0719. The lowest BCUT2D eigenvalue weighted by Gasteiger charge is -2.30. The Kier molecular flexibility index (Phi) is 6.26. The van der Waals surface area contributed by atoms with E-state index in [4.69, 9.17) is 0 Å². The average Bonchev–Trinajstić information content (AvgIpc) is 2.48. The van der Waals surface area contributed by atoms with Crippen molar-refractivity contribution in [1.29, 1.82) is 0 Å². The van der Waals surface area contributed by atoms with Crippen LogP contribution in [0.1, 0.15) is 58.8 Å². The van der Waals surface area contributed by atoms with Crippen molar-refractivity contribution < 1.29 is 5.11 Å². The maximum Gasteiger partial charge on any atom is 0.0583 e. The van der Waals surface area contributed by atoms with Gasteiger partial charge in [-0.15, -0.1) is 0 Å². The summed E-state index contributed by atoms with van der Waals surface area (Å²) in [5.41, 5.74) is 0. The Bertz CT molecular complexity index is 153. The van der Waals surface area contributed by atoms with Gasteiger partial charge in [0.25, 0.3) is 0 Å². The van der Waals surface area contributed by atoms with Gasteiger partial charge in [0.1, 0.15) is 0 Å². The van der Waals surface area contributed by atoms with Crippen LogP contribution in [0.3, 0.4) is 0 Å². The predicted octanol–water partition coefficient (Wildman–Crippen LogP) is 2.71. The van der Waals surface area contributed by atoms with Crippen LogP contribution in [0, 0.1) is 5.92 Å². The minimum absolute atomic E-state index is 0.101. The van der Waals surface area contributed by atoms with Crippen LogP contribution in [0.4, 0.5) is 0 Å². The van der Waals surface area contributed by atoms with Crippen LogP contribution in [0.2, 0.25) is 0 Å². The van der Waals surface area contributed by atoms with Crippen molar-refractivity contribution in [3.63, 3.8) is 0 Å². The first-order valence-electron chi connectivity index (χ1n) is 6.71. The molecule has 2 N–H and O–H groups in total. The molecule has 3 atom stereocenters. The van der Waals surface area contributed by atoms with Gasteiger partial charge >= 0.3 is 0 Å². The third-order valence-electron chi connectivity index (χ3n) is 3.67. The molecule has 2 nitrogen and oxygen atoms in total. The van der Waals surface area contributed by atoms with Gasteiger partial charge in [-0.2, -0.15) is 0 Å². The topological polar surface area (TPSA) is 32.3 Å². The number of rotatable bonds is 5. The van der Waals surface area contributed by atoms with Crippen molar-refractivity contribution in [3.8, 4) is 0 Å². The van der Waals surface area contributed by atoms with Gasteiger partial charge < -0.3 is 10.4 Å². The maximum atomic E-state index is 10.1. The minimum Gasteiger partial charge on any atom is -0.393 e. The highest BCUT2D eigenvalue weighted by molar-refractivity contribution is 4.82. The van der Waals surface area contributed by atoms with Crippen molar-refractivity contribution >= 4 is 0 Å². The monoisotopic (exact) mass is 213 g/mol. The first-order chi connectivity index (χ1) is 7.29. The quantitative estimate of drug-likeness (QED) is 0.736.